The Morgan fingerprint density at radius 3 is 2.62 bits per heavy atom. The molecule has 0 aliphatic heterocycles. The number of aryl methyl sites for hydroxylation is 2. The first kappa shape index (κ1) is 18.7. The summed E-state index contributed by atoms with van der Waals surface area (Å²) >= 11 is 0. The van der Waals surface area contributed by atoms with Gasteiger partial charge in [-0.15, -0.1) is 0 Å². The second-order valence-electron chi connectivity index (χ2n) is 7.05. The highest BCUT2D eigenvalue weighted by atomic mass is 16.2. The minimum absolute atomic E-state index is 0.232. The molecule has 2 N–H and O–H groups in total. The standard InChI is InChI=1S/C23H23N5O/c1-16-8-10-18(11-9-16)21-27-20-7-4-12-24-22(20)28(21)14-13-25-23(29)26-19-6-3-5-17(2)15-19/h3-12,15H,13-14H2,1-2H3,(H2,25,26,29). The summed E-state index contributed by atoms with van der Waals surface area (Å²) in [6, 6.07) is 19.6. The zero-order chi connectivity index (χ0) is 20.2. The van der Waals surface area contributed by atoms with Gasteiger partial charge in [0.15, 0.2) is 5.65 Å². The number of aromatic nitrogens is 3. The van der Waals surface area contributed by atoms with E-state index in [2.05, 4.69) is 46.8 Å². The maximum absolute atomic E-state index is 12.2. The summed E-state index contributed by atoms with van der Waals surface area (Å²) in [7, 11) is 0. The summed E-state index contributed by atoms with van der Waals surface area (Å²) in [5, 5.41) is 5.78. The van der Waals surface area contributed by atoms with Crippen LogP contribution >= 0.6 is 0 Å². The van der Waals surface area contributed by atoms with Crippen molar-refractivity contribution in [3.63, 3.8) is 0 Å². The van der Waals surface area contributed by atoms with Gasteiger partial charge in [0, 0.05) is 30.5 Å². The molecule has 0 aliphatic carbocycles. The predicted molar refractivity (Wildman–Crippen MR) is 116 cm³/mol. The lowest BCUT2D eigenvalue weighted by Crippen LogP contribution is -2.31. The average Bonchev–Trinajstić information content (AvgIpc) is 3.07. The number of nitrogens with zero attached hydrogens (tertiary/aromatic N) is 3. The van der Waals surface area contributed by atoms with Crippen LogP contribution < -0.4 is 10.6 Å². The van der Waals surface area contributed by atoms with Gasteiger partial charge < -0.3 is 15.2 Å². The van der Waals surface area contributed by atoms with Crippen molar-refractivity contribution >= 4 is 22.9 Å². The average molecular weight is 385 g/mol. The van der Waals surface area contributed by atoms with Crippen LogP contribution in [0.15, 0.2) is 66.9 Å². The first-order valence-corrected chi connectivity index (χ1v) is 9.60. The molecular formula is C23H23N5O. The second-order valence-corrected chi connectivity index (χ2v) is 7.05. The van der Waals surface area contributed by atoms with E-state index in [4.69, 9.17) is 4.98 Å². The van der Waals surface area contributed by atoms with Crippen LogP contribution in [0.2, 0.25) is 0 Å². The Bertz CT molecular complexity index is 1150. The summed E-state index contributed by atoms with van der Waals surface area (Å²) in [5.41, 5.74) is 5.75. The Balaban J connectivity index is 1.50. The number of pyridine rings is 1. The second kappa shape index (κ2) is 8.14. The van der Waals surface area contributed by atoms with Crippen LogP contribution in [0.4, 0.5) is 10.5 Å². The minimum Gasteiger partial charge on any atom is -0.336 e. The number of nitrogens with one attached hydrogen (secondary N) is 2. The monoisotopic (exact) mass is 385 g/mol. The van der Waals surface area contributed by atoms with Gasteiger partial charge in [0.05, 0.1) is 0 Å². The highest BCUT2D eigenvalue weighted by Gasteiger charge is 2.13. The van der Waals surface area contributed by atoms with E-state index in [0.29, 0.717) is 13.1 Å². The van der Waals surface area contributed by atoms with Crippen molar-refractivity contribution in [2.75, 3.05) is 11.9 Å². The number of fused-ring (bicyclic) bond motifs is 1. The summed E-state index contributed by atoms with van der Waals surface area (Å²) in [6.45, 7) is 5.08. The largest absolute Gasteiger partial charge is 0.336 e. The van der Waals surface area contributed by atoms with E-state index in [1.54, 1.807) is 6.20 Å². The van der Waals surface area contributed by atoms with E-state index < -0.39 is 0 Å². The first-order chi connectivity index (χ1) is 14.1. The summed E-state index contributed by atoms with van der Waals surface area (Å²) in [4.78, 5) is 21.5. The Kier molecular flexibility index (Phi) is 5.24. The molecule has 0 spiro atoms. The van der Waals surface area contributed by atoms with Crippen molar-refractivity contribution in [3.05, 3.63) is 78.0 Å². The number of benzene rings is 2. The van der Waals surface area contributed by atoms with E-state index in [1.165, 1.54) is 5.56 Å². The third-order valence-corrected chi connectivity index (χ3v) is 4.71. The van der Waals surface area contributed by atoms with Crippen LogP contribution in [0.5, 0.6) is 0 Å². The third-order valence-electron chi connectivity index (χ3n) is 4.71. The molecule has 0 saturated heterocycles. The zero-order valence-corrected chi connectivity index (χ0v) is 16.5. The zero-order valence-electron chi connectivity index (χ0n) is 16.5. The molecule has 29 heavy (non-hydrogen) atoms. The summed E-state index contributed by atoms with van der Waals surface area (Å²) in [6.07, 6.45) is 1.76. The predicted octanol–water partition coefficient (Wildman–Crippen LogP) is 4.54. The number of imidazole rings is 1. The maximum atomic E-state index is 12.2. The number of hydrogen-bond acceptors (Lipinski definition) is 3. The SMILES string of the molecule is Cc1ccc(-c2nc3cccnc3n2CCNC(=O)Nc2cccc(C)c2)cc1. The van der Waals surface area contributed by atoms with Crippen LogP contribution in [-0.2, 0) is 6.54 Å². The van der Waals surface area contributed by atoms with Gasteiger partial charge in [-0.1, -0.05) is 42.0 Å². The molecule has 4 rings (SSSR count). The molecule has 2 aromatic heterocycles. The smallest absolute Gasteiger partial charge is 0.319 e. The lowest BCUT2D eigenvalue weighted by molar-refractivity contribution is 0.251. The highest BCUT2D eigenvalue weighted by Crippen LogP contribution is 2.23. The molecule has 6 nitrogen and oxygen atoms in total. The molecular weight excluding hydrogens is 362 g/mol. The highest BCUT2D eigenvalue weighted by molar-refractivity contribution is 5.89. The molecule has 0 bridgehead atoms. The number of urea groups is 1. The van der Waals surface area contributed by atoms with Crippen molar-refractivity contribution in [2.45, 2.75) is 20.4 Å². The Morgan fingerprint density at radius 2 is 1.83 bits per heavy atom. The number of carbonyl (C=O) groups excluding carboxylic acids is 1. The van der Waals surface area contributed by atoms with Gasteiger partial charge in [0.25, 0.3) is 0 Å². The Morgan fingerprint density at radius 1 is 1.00 bits per heavy atom. The van der Waals surface area contributed by atoms with Gasteiger partial charge >= 0.3 is 6.03 Å². The summed E-state index contributed by atoms with van der Waals surface area (Å²) < 4.78 is 2.05. The topological polar surface area (TPSA) is 71.8 Å². The quantitative estimate of drug-likeness (QED) is 0.530. The molecule has 6 heteroatoms. The van der Waals surface area contributed by atoms with Crippen molar-refractivity contribution in [1.29, 1.82) is 0 Å². The van der Waals surface area contributed by atoms with Gasteiger partial charge in [-0.3, -0.25) is 0 Å². The fraction of sp³-hybridized carbons (Fsp3) is 0.174. The number of rotatable bonds is 5. The van der Waals surface area contributed by atoms with Gasteiger partial charge in [0.2, 0.25) is 0 Å². The van der Waals surface area contributed by atoms with E-state index in [9.17, 15) is 4.79 Å². The number of hydrogen-bond donors (Lipinski definition) is 2. The molecule has 0 aliphatic rings. The molecule has 2 amide bonds. The van der Waals surface area contributed by atoms with Crippen LogP contribution in [0.1, 0.15) is 11.1 Å². The normalized spacial score (nSPS) is 10.8. The van der Waals surface area contributed by atoms with E-state index in [-0.39, 0.29) is 6.03 Å². The Hall–Kier alpha value is -3.67. The van der Waals surface area contributed by atoms with Crippen molar-refractivity contribution in [3.8, 4) is 11.4 Å². The van der Waals surface area contributed by atoms with Crippen LogP contribution in [-0.4, -0.2) is 27.1 Å². The number of anilines is 1. The fourth-order valence-electron chi connectivity index (χ4n) is 3.27. The molecule has 0 atom stereocenters. The number of amides is 2. The van der Waals surface area contributed by atoms with Crippen LogP contribution in [0, 0.1) is 13.8 Å². The Labute approximate surface area is 169 Å². The van der Waals surface area contributed by atoms with E-state index in [0.717, 1.165) is 33.8 Å². The van der Waals surface area contributed by atoms with Gasteiger partial charge in [-0.05, 0) is 43.7 Å². The molecule has 4 aromatic rings. The summed E-state index contributed by atoms with van der Waals surface area (Å²) in [5.74, 6) is 0.847. The number of carbonyl (C=O) groups is 1. The fourth-order valence-corrected chi connectivity index (χ4v) is 3.27. The van der Waals surface area contributed by atoms with Crippen molar-refractivity contribution < 1.29 is 4.79 Å². The molecule has 0 radical (unpaired) electrons. The minimum atomic E-state index is -0.232. The van der Waals surface area contributed by atoms with E-state index in [1.807, 2.05) is 47.9 Å². The molecule has 146 valence electrons. The van der Waals surface area contributed by atoms with E-state index >= 15 is 0 Å². The van der Waals surface area contributed by atoms with Crippen LogP contribution in [0.3, 0.4) is 0 Å². The lowest BCUT2D eigenvalue weighted by atomic mass is 10.1. The lowest BCUT2D eigenvalue weighted by Gasteiger charge is -2.11. The van der Waals surface area contributed by atoms with Gasteiger partial charge in [-0.25, -0.2) is 14.8 Å². The van der Waals surface area contributed by atoms with Gasteiger partial charge in [-0.2, -0.15) is 0 Å². The molecule has 0 fully saturated rings. The molecule has 0 unspecified atom stereocenters. The first-order valence-electron chi connectivity index (χ1n) is 9.60. The molecule has 0 saturated carbocycles. The van der Waals surface area contributed by atoms with Crippen molar-refractivity contribution in [1.82, 2.24) is 19.9 Å². The van der Waals surface area contributed by atoms with Gasteiger partial charge in [0.1, 0.15) is 11.3 Å². The molecule has 2 heterocycles. The maximum Gasteiger partial charge on any atom is 0.319 e. The van der Waals surface area contributed by atoms with Crippen LogP contribution in [0.25, 0.3) is 22.6 Å². The molecule has 2 aromatic carbocycles. The third kappa shape index (κ3) is 4.27. The van der Waals surface area contributed by atoms with Crippen molar-refractivity contribution in [2.24, 2.45) is 0 Å².